The topological polar surface area (TPSA) is 83.3 Å². The molecular weight excluding hydrogens is 286 g/mol. The van der Waals surface area contributed by atoms with E-state index in [0.717, 1.165) is 32.6 Å². The SMILES string of the molecule is CCCNc1nc(N)c(C(=O)NC(C)CN2CCCC2)s1. The minimum atomic E-state index is -0.124. The summed E-state index contributed by atoms with van der Waals surface area (Å²) in [6.45, 7) is 8.11. The van der Waals surface area contributed by atoms with Crippen molar-refractivity contribution in [1.29, 1.82) is 0 Å². The molecule has 1 aromatic rings. The maximum absolute atomic E-state index is 12.3. The van der Waals surface area contributed by atoms with Crippen LogP contribution in [0.5, 0.6) is 0 Å². The number of rotatable bonds is 7. The smallest absolute Gasteiger partial charge is 0.265 e. The molecular formula is C14H25N5OS. The van der Waals surface area contributed by atoms with Crippen molar-refractivity contribution in [2.45, 2.75) is 39.2 Å². The molecule has 0 spiro atoms. The highest BCUT2D eigenvalue weighted by Gasteiger charge is 2.20. The molecule has 4 N–H and O–H groups in total. The molecule has 1 amide bonds. The maximum atomic E-state index is 12.3. The van der Waals surface area contributed by atoms with Crippen LogP contribution in [-0.2, 0) is 0 Å². The average Bonchev–Trinajstić information content (AvgIpc) is 3.05. The van der Waals surface area contributed by atoms with Gasteiger partial charge in [0.1, 0.15) is 10.7 Å². The summed E-state index contributed by atoms with van der Waals surface area (Å²) in [5.41, 5.74) is 5.84. The molecule has 0 bridgehead atoms. The van der Waals surface area contributed by atoms with E-state index in [1.807, 2.05) is 6.92 Å². The largest absolute Gasteiger partial charge is 0.382 e. The van der Waals surface area contributed by atoms with Crippen molar-refractivity contribution in [2.24, 2.45) is 0 Å². The highest BCUT2D eigenvalue weighted by Crippen LogP contribution is 2.24. The van der Waals surface area contributed by atoms with E-state index in [2.05, 4.69) is 27.4 Å². The van der Waals surface area contributed by atoms with Gasteiger partial charge in [-0.15, -0.1) is 0 Å². The second-order valence-corrected chi connectivity index (χ2v) is 6.54. The Morgan fingerprint density at radius 1 is 1.48 bits per heavy atom. The van der Waals surface area contributed by atoms with Gasteiger partial charge in [-0.2, -0.15) is 0 Å². The molecule has 0 saturated carbocycles. The normalized spacial score (nSPS) is 16.9. The Balaban J connectivity index is 1.88. The van der Waals surface area contributed by atoms with Gasteiger partial charge in [-0.3, -0.25) is 4.79 Å². The number of nitrogens with zero attached hydrogens (tertiary/aromatic N) is 2. The van der Waals surface area contributed by atoms with Gasteiger partial charge in [0.15, 0.2) is 5.13 Å². The van der Waals surface area contributed by atoms with Gasteiger partial charge in [0.2, 0.25) is 0 Å². The van der Waals surface area contributed by atoms with E-state index < -0.39 is 0 Å². The van der Waals surface area contributed by atoms with Gasteiger partial charge in [-0.1, -0.05) is 18.3 Å². The lowest BCUT2D eigenvalue weighted by Crippen LogP contribution is -2.41. The Kier molecular flexibility index (Phi) is 5.81. The Hall–Kier alpha value is -1.34. The van der Waals surface area contributed by atoms with Crippen LogP contribution in [0.15, 0.2) is 0 Å². The lowest BCUT2D eigenvalue weighted by atomic mass is 10.3. The predicted octanol–water partition coefficient (Wildman–Crippen LogP) is 1.76. The molecule has 6 nitrogen and oxygen atoms in total. The number of likely N-dealkylation sites (tertiary alicyclic amines) is 1. The van der Waals surface area contributed by atoms with Crippen molar-refractivity contribution in [3.8, 4) is 0 Å². The van der Waals surface area contributed by atoms with Crippen LogP contribution in [0.2, 0.25) is 0 Å². The number of thiazole rings is 1. The van der Waals surface area contributed by atoms with Crippen LogP contribution in [0.4, 0.5) is 10.9 Å². The number of nitrogens with two attached hydrogens (primary N) is 1. The first-order chi connectivity index (χ1) is 10.1. The number of amides is 1. The van der Waals surface area contributed by atoms with E-state index in [-0.39, 0.29) is 11.9 Å². The van der Waals surface area contributed by atoms with E-state index in [0.29, 0.717) is 15.8 Å². The van der Waals surface area contributed by atoms with E-state index in [4.69, 9.17) is 5.73 Å². The fourth-order valence-corrected chi connectivity index (χ4v) is 3.30. The molecule has 1 aliphatic heterocycles. The summed E-state index contributed by atoms with van der Waals surface area (Å²) < 4.78 is 0. The molecule has 0 aromatic carbocycles. The minimum absolute atomic E-state index is 0.115. The van der Waals surface area contributed by atoms with E-state index >= 15 is 0 Å². The summed E-state index contributed by atoms with van der Waals surface area (Å²) in [5, 5.41) is 6.89. The minimum Gasteiger partial charge on any atom is -0.382 e. The van der Waals surface area contributed by atoms with Gasteiger partial charge < -0.3 is 21.3 Å². The summed E-state index contributed by atoms with van der Waals surface area (Å²) in [6, 6.07) is 0.115. The van der Waals surface area contributed by atoms with Crippen molar-refractivity contribution < 1.29 is 4.79 Å². The summed E-state index contributed by atoms with van der Waals surface area (Å²) in [6.07, 6.45) is 3.53. The first-order valence-electron chi connectivity index (χ1n) is 7.63. The Bertz CT molecular complexity index is 470. The van der Waals surface area contributed by atoms with Crippen molar-refractivity contribution in [2.75, 3.05) is 37.2 Å². The number of nitrogen functional groups attached to an aromatic ring is 1. The Morgan fingerprint density at radius 3 is 2.86 bits per heavy atom. The van der Waals surface area contributed by atoms with E-state index in [1.54, 1.807) is 0 Å². The fourth-order valence-electron chi connectivity index (χ4n) is 2.49. The van der Waals surface area contributed by atoms with Gasteiger partial charge in [0, 0.05) is 19.1 Å². The quantitative estimate of drug-likeness (QED) is 0.715. The zero-order valence-electron chi connectivity index (χ0n) is 12.8. The van der Waals surface area contributed by atoms with E-state index in [9.17, 15) is 4.79 Å². The molecule has 21 heavy (non-hydrogen) atoms. The van der Waals surface area contributed by atoms with E-state index in [1.165, 1.54) is 24.2 Å². The molecule has 1 saturated heterocycles. The molecule has 118 valence electrons. The summed E-state index contributed by atoms with van der Waals surface area (Å²) >= 11 is 1.32. The first-order valence-corrected chi connectivity index (χ1v) is 8.45. The third-order valence-corrected chi connectivity index (χ3v) is 4.52. The third kappa shape index (κ3) is 4.57. The lowest BCUT2D eigenvalue weighted by Gasteiger charge is -2.20. The van der Waals surface area contributed by atoms with Crippen LogP contribution in [0.3, 0.4) is 0 Å². The van der Waals surface area contributed by atoms with Gasteiger partial charge >= 0.3 is 0 Å². The zero-order valence-corrected chi connectivity index (χ0v) is 13.6. The van der Waals surface area contributed by atoms with Crippen molar-refractivity contribution >= 4 is 28.2 Å². The van der Waals surface area contributed by atoms with Gasteiger partial charge in [-0.05, 0) is 39.3 Å². The monoisotopic (exact) mass is 311 g/mol. The molecule has 0 aliphatic carbocycles. The standard InChI is InChI=1S/C14H25N5OS/c1-3-6-16-14-18-12(15)11(21-14)13(20)17-10(2)9-19-7-4-5-8-19/h10H,3-9,15H2,1-2H3,(H,16,18)(H,17,20). The lowest BCUT2D eigenvalue weighted by molar-refractivity contribution is 0.0936. The van der Waals surface area contributed by atoms with Crippen molar-refractivity contribution in [3.05, 3.63) is 4.88 Å². The van der Waals surface area contributed by atoms with Gasteiger partial charge in [0.05, 0.1) is 0 Å². The molecule has 0 radical (unpaired) electrons. The first kappa shape index (κ1) is 16.0. The summed E-state index contributed by atoms with van der Waals surface area (Å²) in [7, 11) is 0. The number of hydrogen-bond acceptors (Lipinski definition) is 6. The average molecular weight is 311 g/mol. The highest BCUT2D eigenvalue weighted by atomic mass is 32.1. The molecule has 1 atom stereocenters. The number of carbonyl (C=O) groups excluding carboxylic acids is 1. The second kappa shape index (κ2) is 7.61. The number of aromatic nitrogens is 1. The van der Waals surface area contributed by atoms with Crippen molar-refractivity contribution in [1.82, 2.24) is 15.2 Å². The summed E-state index contributed by atoms with van der Waals surface area (Å²) in [4.78, 5) is 19.3. The third-order valence-electron chi connectivity index (χ3n) is 3.49. The van der Waals surface area contributed by atoms with Crippen LogP contribution >= 0.6 is 11.3 Å². The number of carbonyl (C=O) groups is 1. The highest BCUT2D eigenvalue weighted by molar-refractivity contribution is 7.18. The molecule has 7 heteroatoms. The maximum Gasteiger partial charge on any atom is 0.265 e. The van der Waals surface area contributed by atoms with Gasteiger partial charge in [0.25, 0.3) is 5.91 Å². The van der Waals surface area contributed by atoms with Crippen LogP contribution in [0.25, 0.3) is 0 Å². The van der Waals surface area contributed by atoms with Crippen molar-refractivity contribution in [3.63, 3.8) is 0 Å². The number of anilines is 2. The molecule has 1 fully saturated rings. The molecule has 1 aliphatic rings. The predicted molar refractivity (Wildman–Crippen MR) is 87.9 cm³/mol. The second-order valence-electron chi connectivity index (χ2n) is 5.54. The number of hydrogen-bond donors (Lipinski definition) is 3. The molecule has 1 aromatic heterocycles. The molecule has 1 unspecified atom stereocenters. The Morgan fingerprint density at radius 2 is 2.19 bits per heavy atom. The van der Waals surface area contributed by atoms with Crippen LogP contribution in [-0.4, -0.2) is 48.0 Å². The van der Waals surface area contributed by atoms with Gasteiger partial charge in [-0.25, -0.2) is 4.98 Å². The Labute approximate surface area is 130 Å². The molecule has 2 heterocycles. The summed E-state index contributed by atoms with van der Waals surface area (Å²) in [5.74, 6) is 0.186. The van der Waals surface area contributed by atoms with Crippen LogP contribution in [0.1, 0.15) is 42.8 Å². The molecule has 2 rings (SSSR count). The zero-order chi connectivity index (χ0) is 15.2. The van der Waals surface area contributed by atoms with Crippen LogP contribution < -0.4 is 16.4 Å². The number of nitrogens with one attached hydrogen (secondary N) is 2. The van der Waals surface area contributed by atoms with Crippen LogP contribution in [0, 0.1) is 0 Å². The fraction of sp³-hybridized carbons (Fsp3) is 0.714.